The van der Waals surface area contributed by atoms with Gasteiger partial charge in [0.05, 0.1) is 0 Å². The van der Waals surface area contributed by atoms with E-state index in [-0.39, 0.29) is 0 Å². The zero-order valence-electron chi connectivity index (χ0n) is 4.09. The molecule has 0 spiro atoms. The van der Waals surface area contributed by atoms with Crippen LogP contribution in [0.2, 0.25) is 0 Å². The van der Waals surface area contributed by atoms with Gasteiger partial charge in [0.15, 0.2) is 0 Å². The molecule has 0 saturated heterocycles. The maximum absolute atomic E-state index is 5.03. The van der Waals surface area contributed by atoms with Gasteiger partial charge in [0.1, 0.15) is 0 Å². The van der Waals surface area contributed by atoms with Crippen LogP contribution in [0.25, 0.3) is 0 Å². The molecule has 0 nitrogen and oxygen atoms in total. The Bertz CT molecular complexity index is 68.5. The van der Waals surface area contributed by atoms with Gasteiger partial charge in [0.25, 0.3) is 0 Å². The van der Waals surface area contributed by atoms with Crippen molar-refractivity contribution in [1.29, 1.82) is 0 Å². The Kier molecular flexibility index (Phi) is 15.1. The maximum atomic E-state index is 5.03. The van der Waals surface area contributed by atoms with E-state index in [1.165, 1.54) is 22.9 Å². The van der Waals surface area contributed by atoms with E-state index in [0.717, 1.165) is 0 Å². The molecule has 0 N–H and O–H groups in total. The molecule has 0 unspecified atom stereocenters. The molecule has 39 valence electrons. The van der Waals surface area contributed by atoms with Gasteiger partial charge in [-0.25, -0.2) is 0 Å². The molecule has 0 heterocycles. The fourth-order valence-corrected chi connectivity index (χ4v) is 0. The zero-order chi connectivity index (χ0) is 6.28. The normalized spacial score (nSPS) is 5.14. The molecule has 0 aromatic carbocycles. The minimum atomic E-state index is 0.657. The molecule has 0 aliphatic carbocycles. The summed E-state index contributed by atoms with van der Waals surface area (Å²) in [6, 6.07) is 0. The Morgan fingerprint density at radius 1 is 1.71 bits per heavy atom. The van der Waals surface area contributed by atoms with Crippen molar-refractivity contribution in [2.75, 3.05) is 0 Å². The van der Waals surface area contributed by atoms with Crippen LogP contribution in [0.3, 0.4) is 0 Å². The average molecular weight is 301 g/mol. The van der Waals surface area contributed by atoms with E-state index in [9.17, 15) is 0 Å². The topological polar surface area (TPSA) is 0 Å². The molecule has 0 atom stereocenters. The monoisotopic (exact) mass is 301 g/mol. The van der Waals surface area contributed by atoms with Gasteiger partial charge >= 0.3 is 30.9 Å². The van der Waals surface area contributed by atoms with Crippen LogP contribution in [-0.2, 0) is 30.9 Å². The van der Waals surface area contributed by atoms with Crippen molar-refractivity contribution < 1.29 is 30.9 Å². The summed E-state index contributed by atoms with van der Waals surface area (Å²) in [5, 5.41) is 0. The van der Waals surface area contributed by atoms with Crippen LogP contribution in [0.5, 0.6) is 0 Å². The van der Waals surface area contributed by atoms with Crippen LogP contribution in [0.4, 0.5) is 0 Å². The molecule has 7 heavy (non-hydrogen) atoms. The quantitative estimate of drug-likeness (QED) is 0.507. The molecule has 0 aromatic heterocycles. The second-order valence-corrected chi connectivity index (χ2v) is 0.911. The van der Waals surface area contributed by atoms with Crippen molar-refractivity contribution in [3.05, 3.63) is 24.8 Å². The van der Waals surface area contributed by atoms with Crippen molar-refractivity contribution >= 4 is 0 Å². The predicted molar refractivity (Wildman–Crippen MR) is 22.4 cm³/mol. The number of allylic oxidation sites excluding steroid dienone is 2. The molecule has 0 rings (SSSR count). The molecule has 0 fully saturated rings. The standard InChI is InChI=1S/C5H6.V.W/c1-4-5(2)3;;/h1-2,4H,3H3;;/q-2;;. The third-order valence-electron chi connectivity index (χ3n) is 0.263. The Hall–Kier alpha value is 0.753. The van der Waals surface area contributed by atoms with Gasteiger partial charge in [-0.2, -0.15) is 0 Å². The summed E-state index contributed by atoms with van der Waals surface area (Å²) in [7, 11) is 0. The van der Waals surface area contributed by atoms with E-state index in [1.807, 2.05) is 0 Å². The second-order valence-electron chi connectivity index (χ2n) is 0.911. The molecule has 0 aliphatic heterocycles. The number of hydrogen-bond acceptors (Lipinski definition) is 0. The third-order valence-corrected chi connectivity index (χ3v) is 0.263. The van der Waals surface area contributed by atoms with Crippen molar-refractivity contribution in [3.8, 4) is 0 Å². The third kappa shape index (κ3) is 20.1. The van der Waals surface area contributed by atoms with E-state index in [2.05, 4.69) is 14.1 Å². The van der Waals surface area contributed by atoms with E-state index < -0.39 is 0 Å². The fraction of sp³-hybridized carbons (Fsp3) is 0.200. The fourth-order valence-electron chi connectivity index (χ4n) is 0. The van der Waals surface area contributed by atoms with Crippen molar-refractivity contribution in [2.45, 2.75) is 6.92 Å². The van der Waals surface area contributed by atoms with Gasteiger partial charge < -0.3 is 24.8 Å². The summed E-state index contributed by atoms with van der Waals surface area (Å²) < 4.78 is 0. The Morgan fingerprint density at radius 3 is 1.86 bits per heavy atom. The van der Waals surface area contributed by atoms with Crippen molar-refractivity contribution in [2.24, 2.45) is 0 Å². The summed E-state index contributed by atoms with van der Waals surface area (Å²) in [6.07, 6.45) is 1.36. The second kappa shape index (κ2) is 9.89. The molecule has 0 radical (unpaired) electrons. The van der Waals surface area contributed by atoms with Crippen LogP contribution in [-0.4, -0.2) is 0 Å². The number of hydrogen-bond donors (Lipinski definition) is 0. The molecular weight excluding hydrogens is 295 g/mol. The van der Waals surface area contributed by atoms with E-state index in [4.69, 9.17) is 13.2 Å². The summed E-state index contributed by atoms with van der Waals surface area (Å²) in [5.41, 5.74) is 0.657. The van der Waals surface area contributed by atoms with Gasteiger partial charge in [-0.05, 0) is 0 Å². The Balaban J connectivity index is 0. The van der Waals surface area contributed by atoms with Crippen LogP contribution in [0, 0.1) is 13.2 Å². The summed E-state index contributed by atoms with van der Waals surface area (Å²) >= 11 is 3.92. The molecule has 0 bridgehead atoms. The molecular formula is C5H6VW-2. The molecule has 0 aromatic rings. The average Bonchev–Trinajstić information content (AvgIpc) is 1.73. The van der Waals surface area contributed by atoms with Gasteiger partial charge in [-0.3, -0.25) is 0 Å². The van der Waals surface area contributed by atoms with E-state index >= 15 is 0 Å². The summed E-state index contributed by atoms with van der Waals surface area (Å²) in [5.74, 6) is 0. The van der Waals surface area contributed by atoms with Crippen LogP contribution >= 0.6 is 0 Å². The summed E-state index contributed by atoms with van der Waals surface area (Å²) in [4.78, 5) is 0. The van der Waals surface area contributed by atoms with Crippen LogP contribution in [0.1, 0.15) is 6.92 Å². The minimum absolute atomic E-state index is 0.657. The molecule has 2 heteroatoms. The first kappa shape index (κ1) is 10.7. The van der Waals surface area contributed by atoms with Gasteiger partial charge in [-0.15, -0.1) is 6.92 Å². The van der Waals surface area contributed by atoms with Gasteiger partial charge in [0.2, 0.25) is 0 Å². The summed E-state index contributed by atoms with van der Waals surface area (Å²) in [6.45, 7) is 11.6. The van der Waals surface area contributed by atoms with E-state index in [1.54, 1.807) is 6.92 Å². The van der Waals surface area contributed by atoms with E-state index in [0.29, 0.717) is 5.57 Å². The Labute approximate surface area is 62.5 Å². The molecule has 0 amide bonds. The predicted octanol–water partition coefficient (Wildman–Crippen LogP) is 1.35. The first-order chi connectivity index (χ1) is 3.27. The number of rotatable bonds is 1. The van der Waals surface area contributed by atoms with Gasteiger partial charge in [0, 0.05) is 0 Å². The van der Waals surface area contributed by atoms with Crippen molar-refractivity contribution in [3.63, 3.8) is 0 Å². The SMILES string of the molecule is [CH-]=CC(=[CH-])C.[V]=[W]. The zero-order valence-corrected chi connectivity index (χ0v) is 8.42. The van der Waals surface area contributed by atoms with Crippen LogP contribution < -0.4 is 0 Å². The first-order valence-corrected chi connectivity index (χ1v) is 7.57. The van der Waals surface area contributed by atoms with Crippen molar-refractivity contribution in [1.82, 2.24) is 0 Å². The first-order valence-electron chi connectivity index (χ1n) is 1.59. The molecule has 0 saturated carbocycles. The molecule has 0 aliphatic rings. The van der Waals surface area contributed by atoms with Crippen LogP contribution in [0.15, 0.2) is 11.6 Å². The Morgan fingerprint density at radius 2 is 1.86 bits per heavy atom. The van der Waals surface area contributed by atoms with Gasteiger partial charge in [-0.1, -0.05) is 0 Å².